The Morgan fingerprint density at radius 1 is 1.00 bits per heavy atom. The molecule has 0 radical (unpaired) electrons. The van der Waals surface area contributed by atoms with Crippen LogP contribution >= 0.6 is 11.6 Å². The van der Waals surface area contributed by atoms with E-state index in [0.717, 1.165) is 24.4 Å². The second-order valence-electron chi connectivity index (χ2n) is 8.73. The first-order valence-electron chi connectivity index (χ1n) is 10.4. The second-order valence-corrected chi connectivity index (χ2v) is 9.14. The van der Waals surface area contributed by atoms with Crippen LogP contribution in [0, 0.1) is 11.8 Å². The molecule has 3 nitrogen and oxygen atoms in total. The third kappa shape index (κ3) is 2.40. The molecule has 0 saturated heterocycles. The minimum absolute atomic E-state index is 0.215. The molecular formula is C25H22ClNO2. The smallest absolute Gasteiger partial charge is 0.335 e. The molecule has 2 heterocycles. The first kappa shape index (κ1) is 17.3. The van der Waals surface area contributed by atoms with E-state index >= 15 is 0 Å². The van der Waals surface area contributed by atoms with Crippen LogP contribution in [-0.2, 0) is 0 Å². The van der Waals surface area contributed by atoms with Gasteiger partial charge in [0.1, 0.15) is 0 Å². The zero-order chi connectivity index (χ0) is 19.7. The van der Waals surface area contributed by atoms with Crippen LogP contribution in [0.15, 0.2) is 60.7 Å². The van der Waals surface area contributed by atoms with Crippen molar-refractivity contribution in [2.75, 3.05) is 11.4 Å². The van der Waals surface area contributed by atoms with E-state index in [0.29, 0.717) is 23.3 Å². The number of carboxylic acids is 1. The highest BCUT2D eigenvalue weighted by Crippen LogP contribution is 2.59. The van der Waals surface area contributed by atoms with Gasteiger partial charge >= 0.3 is 5.97 Å². The van der Waals surface area contributed by atoms with Crippen molar-refractivity contribution in [2.24, 2.45) is 11.8 Å². The Bertz CT molecular complexity index is 1070. The Kier molecular flexibility index (Phi) is 3.73. The molecule has 0 bridgehead atoms. The third-order valence-corrected chi connectivity index (χ3v) is 7.66. The topological polar surface area (TPSA) is 40.5 Å². The predicted molar refractivity (Wildman–Crippen MR) is 115 cm³/mol. The van der Waals surface area contributed by atoms with Crippen molar-refractivity contribution in [3.8, 4) is 0 Å². The lowest BCUT2D eigenvalue weighted by Crippen LogP contribution is -2.46. The monoisotopic (exact) mass is 403 g/mol. The van der Waals surface area contributed by atoms with Gasteiger partial charge in [-0.1, -0.05) is 54.1 Å². The van der Waals surface area contributed by atoms with Gasteiger partial charge in [0.15, 0.2) is 0 Å². The average molecular weight is 404 g/mol. The summed E-state index contributed by atoms with van der Waals surface area (Å²) in [5.41, 5.74) is 5.22. The molecule has 5 atom stereocenters. The van der Waals surface area contributed by atoms with Gasteiger partial charge in [-0.2, -0.15) is 0 Å². The zero-order valence-electron chi connectivity index (χ0n) is 16.0. The van der Waals surface area contributed by atoms with Crippen LogP contribution in [0.1, 0.15) is 57.8 Å². The largest absolute Gasteiger partial charge is 0.478 e. The van der Waals surface area contributed by atoms with E-state index in [1.54, 1.807) is 0 Å². The fourth-order valence-corrected chi connectivity index (χ4v) is 6.41. The molecule has 2 aliphatic carbocycles. The summed E-state index contributed by atoms with van der Waals surface area (Å²) in [5, 5.41) is 10.6. The quantitative estimate of drug-likeness (QED) is 0.631. The first-order valence-corrected chi connectivity index (χ1v) is 10.8. The van der Waals surface area contributed by atoms with Gasteiger partial charge in [-0.05, 0) is 59.6 Å². The minimum atomic E-state index is -0.841. The maximum atomic E-state index is 11.9. The Balaban J connectivity index is 1.62. The molecule has 6 rings (SSSR count). The van der Waals surface area contributed by atoms with Crippen molar-refractivity contribution in [1.82, 2.24) is 0 Å². The number of nitrogens with zero attached hydrogens (tertiary/aromatic N) is 1. The Labute approximate surface area is 175 Å². The summed E-state index contributed by atoms with van der Waals surface area (Å²) < 4.78 is 0. The summed E-state index contributed by atoms with van der Waals surface area (Å²) in [4.78, 5) is 14.5. The van der Waals surface area contributed by atoms with Crippen LogP contribution in [0.2, 0.25) is 5.02 Å². The van der Waals surface area contributed by atoms with Gasteiger partial charge < -0.3 is 10.0 Å². The molecule has 146 valence electrons. The Morgan fingerprint density at radius 2 is 1.72 bits per heavy atom. The van der Waals surface area contributed by atoms with Crippen LogP contribution in [0.4, 0.5) is 5.69 Å². The number of benzene rings is 2. The SMILES string of the molecule is O=C(O)c1cc2c3c(c1)[C@H]1C=CC[C@@H]1[C@H](c1ccccc1Cl)N3C[C@H]1CC=C[C@H]21. The molecule has 29 heavy (non-hydrogen) atoms. The molecular weight excluding hydrogens is 382 g/mol. The van der Waals surface area contributed by atoms with Gasteiger partial charge in [-0.15, -0.1) is 0 Å². The summed E-state index contributed by atoms with van der Waals surface area (Å²) in [5.74, 6) is 0.586. The van der Waals surface area contributed by atoms with Crippen molar-refractivity contribution in [3.05, 3.63) is 88.0 Å². The van der Waals surface area contributed by atoms with E-state index in [2.05, 4.69) is 41.3 Å². The van der Waals surface area contributed by atoms with Gasteiger partial charge in [0.25, 0.3) is 0 Å². The number of carbonyl (C=O) groups is 1. The highest BCUT2D eigenvalue weighted by atomic mass is 35.5. The summed E-state index contributed by atoms with van der Waals surface area (Å²) in [6, 6.07) is 12.3. The molecule has 2 aromatic rings. The summed E-state index contributed by atoms with van der Waals surface area (Å²) in [6.45, 7) is 0.989. The molecule has 0 amide bonds. The zero-order valence-corrected chi connectivity index (χ0v) is 16.7. The second kappa shape index (κ2) is 6.24. The molecule has 0 saturated carbocycles. The standard InChI is InChI=1S/C25H22ClNO2/c26-22-10-2-1-6-19(22)23-18-9-4-8-17(18)21-12-15(25(28)29)11-20-16-7-3-5-14(16)13-27(23)24(20)21/h1-4,6-8,10-12,14,16-18,23H,5,9,13H2,(H,28,29)/t14-,16+,17+,18+,23-/m1/s1. The highest BCUT2D eigenvalue weighted by molar-refractivity contribution is 6.31. The highest BCUT2D eigenvalue weighted by Gasteiger charge is 2.48. The normalized spacial score (nSPS) is 30.8. The van der Waals surface area contributed by atoms with Crippen LogP contribution in [-0.4, -0.2) is 17.6 Å². The lowest BCUT2D eigenvalue weighted by Gasteiger charge is -2.51. The van der Waals surface area contributed by atoms with E-state index in [9.17, 15) is 9.90 Å². The van der Waals surface area contributed by atoms with Crippen molar-refractivity contribution in [1.29, 1.82) is 0 Å². The van der Waals surface area contributed by atoms with Crippen LogP contribution in [0.25, 0.3) is 0 Å². The lowest BCUT2D eigenvalue weighted by molar-refractivity contribution is 0.0696. The number of hydrogen-bond acceptors (Lipinski definition) is 2. The number of anilines is 1. The fourth-order valence-electron chi connectivity index (χ4n) is 6.17. The molecule has 4 heteroatoms. The number of halogens is 1. The van der Waals surface area contributed by atoms with Crippen molar-refractivity contribution >= 4 is 23.3 Å². The number of hydrogen-bond donors (Lipinski definition) is 1. The van der Waals surface area contributed by atoms with Crippen molar-refractivity contribution in [2.45, 2.75) is 30.7 Å². The number of fused-ring (bicyclic) bond motifs is 4. The van der Waals surface area contributed by atoms with Crippen LogP contribution in [0.5, 0.6) is 0 Å². The molecule has 2 aromatic carbocycles. The van der Waals surface area contributed by atoms with Crippen LogP contribution < -0.4 is 4.90 Å². The first-order chi connectivity index (χ1) is 14.1. The number of carboxylic acid groups (broad SMARTS) is 1. The number of allylic oxidation sites excluding steroid dienone is 4. The van der Waals surface area contributed by atoms with Crippen LogP contribution in [0.3, 0.4) is 0 Å². The van der Waals surface area contributed by atoms with Gasteiger partial charge in [0.2, 0.25) is 0 Å². The van der Waals surface area contributed by atoms with Gasteiger partial charge in [0.05, 0.1) is 11.6 Å². The molecule has 1 N–H and O–H groups in total. The summed E-state index contributed by atoms with van der Waals surface area (Å²) in [7, 11) is 0. The van der Waals surface area contributed by atoms with Crippen molar-refractivity contribution < 1.29 is 9.90 Å². The van der Waals surface area contributed by atoms with Gasteiger partial charge in [-0.25, -0.2) is 4.79 Å². The van der Waals surface area contributed by atoms with Gasteiger partial charge in [-0.3, -0.25) is 0 Å². The molecule has 0 spiro atoms. The lowest BCUT2D eigenvalue weighted by atomic mass is 9.70. The van der Waals surface area contributed by atoms with Crippen molar-refractivity contribution in [3.63, 3.8) is 0 Å². The molecule has 4 aliphatic rings. The third-order valence-electron chi connectivity index (χ3n) is 7.32. The fraction of sp³-hybridized carbons (Fsp3) is 0.320. The summed E-state index contributed by atoms with van der Waals surface area (Å²) >= 11 is 6.70. The van der Waals surface area contributed by atoms with E-state index in [4.69, 9.17) is 11.6 Å². The molecule has 0 aromatic heterocycles. The maximum absolute atomic E-state index is 11.9. The van der Waals surface area contributed by atoms with Gasteiger partial charge in [0, 0.05) is 29.1 Å². The Hall–Kier alpha value is -2.52. The maximum Gasteiger partial charge on any atom is 0.335 e. The molecule has 0 fully saturated rings. The molecule has 0 unspecified atom stereocenters. The number of rotatable bonds is 2. The van der Waals surface area contributed by atoms with E-state index in [1.807, 2.05) is 24.3 Å². The number of aromatic carboxylic acids is 1. The van der Waals surface area contributed by atoms with E-state index in [-0.39, 0.29) is 12.0 Å². The average Bonchev–Trinajstić information content (AvgIpc) is 3.38. The predicted octanol–water partition coefficient (Wildman–Crippen LogP) is 5.93. The summed E-state index contributed by atoms with van der Waals surface area (Å²) in [6.07, 6.45) is 11.1. The minimum Gasteiger partial charge on any atom is -0.478 e. The Morgan fingerprint density at radius 3 is 2.52 bits per heavy atom. The van der Waals surface area contributed by atoms with E-state index < -0.39 is 5.97 Å². The van der Waals surface area contributed by atoms with E-state index in [1.165, 1.54) is 22.4 Å². The molecule has 2 aliphatic heterocycles.